The fraction of sp³-hybridized carbons (Fsp3) is 0.857. The Kier molecular flexibility index (Phi) is 3.62. The van der Waals surface area contributed by atoms with E-state index in [2.05, 4.69) is 19.9 Å². The molecule has 3 nitrogen and oxygen atoms in total. The predicted octanol–water partition coefficient (Wildman–Crippen LogP) is 2.64. The highest BCUT2D eigenvalue weighted by Crippen LogP contribution is 2.47. The summed E-state index contributed by atoms with van der Waals surface area (Å²) in [7, 11) is 0. The fourth-order valence-electron chi connectivity index (χ4n) is 3.00. The van der Waals surface area contributed by atoms with E-state index in [0.29, 0.717) is 19.6 Å². The maximum Gasteiger partial charge on any atom is 0.157 e. The quantitative estimate of drug-likeness (QED) is 0.771. The van der Waals surface area contributed by atoms with Gasteiger partial charge in [-0.05, 0) is 37.2 Å². The van der Waals surface area contributed by atoms with E-state index in [4.69, 9.17) is 9.47 Å². The second-order valence-corrected chi connectivity index (χ2v) is 5.88. The number of hydrogen-bond donors (Lipinski definition) is 1. The van der Waals surface area contributed by atoms with Crippen molar-refractivity contribution in [2.24, 2.45) is 5.41 Å². The molecule has 1 fully saturated rings. The molecule has 0 amide bonds. The van der Waals surface area contributed by atoms with Crippen LogP contribution in [0.3, 0.4) is 0 Å². The molecule has 0 spiro atoms. The minimum Gasteiger partial charge on any atom is -0.385 e. The maximum atomic E-state index is 10.9. The van der Waals surface area contributed by atoms with Crippen LogP contribution in [0, 0.1) is 5.41 Å². The molecule has 0 aromatic rings. The summed E-state index contributed by atoms with van der Waals surface area (Å²) in [5.41, 5.74) is 0.331. The molecule has 0 aromatic carbocycles. The lowest BCUT2D eigenvalue weighted by atomic mass is 9.63. The summed E-state index contributed by atoms with van der Waals surface area (Å²) >= 11 is 0. The second-order valence-electron chi connectivity index (χ2n) is 5.88. The van der Waals surface area contributed by atoms with Gasteiger partial charge in [-0.15, -0.1) is 0 Å². The van der Waals surface area contributed by atoms with Crippen molar-refractivity contribution < 1.29 is 14.6 Å². The zero-order chi connectivity index (χ0) is 12.5. The number of hydrogen-bond acceptors (Lipinski definition) is 3. The van der Waals surface area contributed by atoms with Crippen LogP contribution in [-0.4, -0.2) is 30.2 Å². The Hall–Kier alpha value is -0.380. The monoisotopic (exact) mass is 240 g/mol. The van der Waals surface area contributed by atoms with Crippen LogP contribution >= 0.6 is 0 Å². The molecule has 2 rings (SSSR count). The van der Waals surface area contributed by atoms with Crippen LogP contribution in [0.15, 0.2) is 11.6 Å². The van der Waals surface area contributed by atoms with Gasteiger partial charge in [-0.3, -0.25) is 0 Å². The van der Waals surface area contributed by atoms with Gasteiger partial charge in [-0.2, -0.15) is 0 Å². The normalized spacial score (nSPS) is 33.8. The molecule has 0 saturated carbocycles. The minimum absolute atomic E-state index is 0.0650. The molecule has 1 atom stereocenters. The first-order valence-electron chi connectivity index (χ1n) is 6.58. The molecule has 2 aliphatic rings. The Morgan fingerprint density at radius 1 is 1.35 bits per heavy atom. The molecular weight excluding hydrogens is 216 g/mol. The average molecular weight is 240 g/mol. The van der Waals surface area contributed by atoms with E-state index in [1.165, 1.54) is 0 Å². The lowest BCUT2D eigenvalue weighted by molar-refractivity contribution is -0.0914. The van der Waals surface area contributed by atoms with Crippen molar-refractivity contribution >= 4 is 0 Å². The van der Waals surface area contributed by atoms with E-state index < -0.39 is 5.60 Å². The molecule has 17 heavy (non-hydrogen) atoms. The third-order valence-corrected chi connectivity index (χ3v) is 4.42. The average Bonchev–Trinajstić information content (AvgIpc) is 2.76. The Morgan fingerprint density at radius 3 is 2.59 bits per heavy atom. The first kappa shape index (κ1) is 13.1. The van der Waals surface area contributed by atoms with Gasteiger partial charge in [-0.25, -0.2) is 0 Å². The van der Waals surface area contributed by atoms with E-state index in [-0.39, 0.29) is 11.7 Å². The Balaban J connectivity index is 2.04. The molecule has 1 N–H and O–H groups in total. The van der Waals surface area contributed by atoms with Crippen molar-refractivity contribution in [1.29, 1.82) is 0 Å². The summed E-state index contributed by atoms with van der Waals surface area (Å²) < 4.78 is 10.9. The van der Waals surface area contributed by atoms with Crippen LogP contribution in [0.2, 0.25) is 0 Å². The van der Waals surface area contributed by atoms with Gasteiger partial charge in [0, 0.05) is 6.42 Å². The molecule has 1 aliphatic carbocycles. The molecule has 0 unspecified atom stereocenters. The lowest BCUT2D eigenvalue weighted by Gasteiger charge is -2.47. The number of aliphatic hydroxyl groups is 1. The summed E-state index contributed by atoms with van der Waals surface area (Å²) in [5.74, 6) is 0. The van der Waals surface area contributed by atoms with Gasteiger partial charge in [0.1, 0.15) is 0 Å². The van der Waals surface area contributed by atoms with E-state index in [0.717, 1.165) is 24.8 Å². The van der Waals surface area contributed by atoms with Crippen molar-refractivity contribution in [3.63, 3.8) is 0 Å². The summed E-state index contributed by atoms with van der Waals surface area (Å²) in [4.78, 5) is 0. The number of rotatable bonds is 3. The van der Waals surface area contributed by atoms with Crippen molar-refractivity contribution in [1.82, 2.24) is 0 Å². The van der Waals surface area contributed by atoms with Gasteiger partial charge in [0.25, 0.3) is 0 Å². The van der Waals surface area contributed by atoms with Crippen molar-refractivity contribution in [3.05, 3.63) is 11.6 Å². The lowest BCUT2D eigenvalue weighted by Crippen LogP contribution is -2.48. The van der Waals surface area contributed by atoms with Crippen LogP contribution in [0.25, 0.3) is 0 Å². The molecule has 1 heterocycles. The summed E-state index contributed by atoms with van der Waals surface area (Å²) in [5, 5.41) is 10.9. The van der Waals surface area contributed by atoms with Crippen LogP contribution in [0.4, 0.5) is 0 Å². The van der Waals surface area contributed by atoms with Gasteiger partial charge in [-0.1, -0.05) is 19.9 Å². The second kappa shape index (κ2) is 4.71. The van der Waals surface area contributed by atoms with Gasteiger partial charge >= 0.3 is 0 Å². The first-order chi connectivity index (χ1) is 7.96. The summed E-state index contributed by atoms with van der Waals surface area (Å²) in [6.45, 7) is 7.71. The molecule has 1 saturated heterocycles. The summed E-state index contributed by atoms with van der Waals surface area (Å²) in [6.07, 6.45) is 5.63. The van der Waals surface area contributed by atoms with Crippen LogP contribution in [0.5, 0.6) is 0 Å². The number of allylic oxidation sites excluding steroid dienone is 1. The first-order valence-corrected chi connectivity index (χ1v) is 6.58. The molecular formula is C14H24O3. The van der Waals surface area contributed by atoms with E-state index >= 15 is 0 Å². The Morgan fingerprint density at radius 2 is 2.00 bits per heavy atom. The smallest absolute Gasteiger partial charge is 0.157 e. The van der Waals surface area contributed by atoms with Crippen molar-refractivity contribution in [2.45, 2.75) is 58.3 Å². The van der Waals surface area contributed by atoms with Crippen LogP contribution in [-0.2, 0) is 9.47 Å². The van der Waals surface area contributed by atoms with Gasteiger partial charge in [0.15, 0.2) is 6.29 Å². The molecule has 0 radical (unpaired) electrons. The Labute approximate surface area is 104 Å². The maximum absolute atomic E-state index is 10.9. The third-order valence-electron chi connectivity index (χ3n) is 4.42. The molecule has 0 bridgehead atoms. The largest absolute Gasteiger partial charge is 0.385 e. The molecule has 3 heteroatoms. The van der Waals surface area contributed by atoms with Gasteiger partial charge < -0.3 is 14.6 Å². The SMILES string of the molecule is CC1=CCCC(C)(C)[C@]1(O)CCC1OCCO1. The van der Waals surface area contributed by atoms with Gasteiger partial charge in [0.2, 0.25) is 0 Å². The van der Waals surface area contributed by atoms with Gasteiger partial charge in [0.05, 0.1) is 18.8 Å². The van der Waals surface area contributed by atoms with E-state index in [9.17, 15) is 5.11 Å². The minimum atomic E-state index is -0.708. The van der Waals surface area contributed by atoms with E-state index in [1.54, 1.807) is 0 Å². The predicted molar refractivity (Wildman–Crippen MR) is 66.6 cm³/mol. The fourth-order valence-corrected chi connectivity index (χ4v) is 3.00. The zero-order valence-corrected chi connectivity index (χ0v) is 11.2. The van der Waals surface area contributed by atoms with Crippen molar-refractivity contribution in [2.75, 3.05) is 13.2 Å². The van der Waals surface area contributed by atoms with Crippen molar-refractivity contribution in [3.8, 4) is 0 Å². The highest BCUT2D eigenvalue weighted by molar-refractivity contribution is 5.22. The van der Waals surface area contributed by atoms with Crippen LogP contribution < -0.4 is 0 Å². The third kappa shape index (κ3) is 2.42. The number of ether oxygens (including phenoxy) is 2. The highest BCUT2D eigenvalue weighted by atomic mass is 16.7. The zero-order valence-electron chi connectivity index (χ0n) is 11.2. The topological polar surface area (TPSA) is 38.7 Å². The standard InChI is InChI=1S/C14H24O3/c1-11-5-4-7-13(2,3)14(11,15)8-6-12-16-9-10-17-12/h5,12,15H,4,6-10H2,1-3H3/t14-/m0/s1. The molecule has 0 aromatic heterocycles. The Bertz CT molecular complexity index is 303. The van der Waals surface area contributed by atoms with Crippen LogP contribution in [0.1, 0.15) is 46.5 Å². The molecule has 98 valence electrons. The highest BCUT2D eigenvalue weighted by Gasteiger charge is 2.46. The van der Waals surface area contributed by atoms with E-state index in [1.807, 2.05) is 6.92 Å². The molecule has 1 aliphatic heterocycles. The summed E-state index contributed by atoms with van der Waals surface area (Å²) in [6, 6.07) is 0.